The van der Waals surface area contributed by atoms with Gasteiger partial charge in [0.1, 0.15) is 11.6 Å². The Labute approximate surface area is 117 Å². The van der Waals surface area contributed by atoms with Gasteiger partial charge in [-0.05, 0) is 24.5 Å². The summed E-state index contributed by atoms with van der Waals surface area (Å²) in [5, 5.41) is 4.80. The minimum atomic E-state index is -0.679. The molecule has 0 bridgehead atoms. The van der Waals surface area contributed by atoms with Crippen LogP contribution in [0.5, 0.6) is 0 Å². The average molecular weight is 286 g/mol. The number of urea groups is 1. The molecule has 6 heteroatoms. The zero-order valence-electron chi connectivity index (χ0n) is 11.7. The van der Waals surface area contributed by atoms with Gasteiger partial charge in [0.2, 0.25) is 0 Å². The second kappa shape index (κ2) is 8.47. The Bertz CT molecular complexity index is 439. The maximum Gasteiger partial charge on any atom is 0.319 e. The molecule has 112 valence electrons. The van der Waals surface area contributed by atoms with E-state index >= 15 is 0 Å². The number of hydrogen-bond acceptors (Lipinski definition) is 2. The van der Waals surface area contributed by atoms with Gasteiger partial charge in [0.25, 0.3) is 0 Å². The number of carbonyl (C=O) groups excluding carboxylic acids is 1. The Hall–Kier alpha value is -1.69. The highest BCUT2D eigenvalue weighted by Crippen LogP contribution is 2.14. The number of hydrogen-bond donors (Lipinski definition) is 2. The summed E-state index contributed by atoms with van der Waals surface area (Å²) in [4.78, 5) is 11.5. The van der Waals surface area contributed by atoms with Gasteiger partial charge in [-0.1, -0.05) is 13.8 Å². The number of halogens is 2. The molecule has 0 radical (unpaired) electrons. The van der Waals surface area contributed by atoms with Crippen LogP contribution in [0.3, 0.4) is 0 Å². The van der Waals surface area contributed by atoms with Gasteiger partial charge in [0.05, 0.1) is 5.69 Å². The van der Waals surface area contributed by atoms with Crippen LogP contribution in [0.1, 0.15) is 20.3 Å². The van der Waals surface area contributed by atoms with Crippen molar-refractivity contribution < 1.29 is 18.3 Å². The van der Waals surface area contributed by atoms with E-state index in [1.807, 2.05) is 0 Å². The number of benzene rings is 1. The topological polar surface area (TPSA) is 50.4 Å². The summed E-state index contributed by atoms with van der Waals surface area (Å²) < 4.78 is 31.5. The van der Waals surface area contributed by atoms with Gasteiger partial charge in [0.15, 0.2) is 0 Å². The van der Waals surface area contributed by atoms with Crippen LogP contribution in [-0.2, 0) is 4.74 Å². The Morgan fingerprint density at radius 1 is 1.35 bits per heavy atom. The fourth-order valence-electron chi connectivity index (χ4n) is 1.45. The zero-order valence-corrected chi connectivity index (χ0v) is 11.7. The van der Waals surface area contributed by atoms with Crippen LogP contribution < -0.4 is 10.6 Å². The van der Waals surface area contributed by atoms with Crippen LogP contribution in [0.2, 0.25) is 0 Å². The molecule has 0 saturated heterocycles. The van der Waals surface area contributed by atoms with Crippen LogP contribution in [0.15, 0.2) is 18.2 Å². The summed E-state index contributed by atoms with van der Waals surface area (Å²) in [5.74, 6) is -0.812. The first-order chi connectivity index (χ1) is 9.49. The highest BCUT2D eigenvalue weighted by atomic mass is 19.1. The minimum absolute atomic E-state index is 0.182. The van der Waals surface area contributed by atoms with Crippen LogP contribution in [0, 0.1) is 17.6 Å². The molecule has 0 saturated carbocycles. The number of amides is 2. The molecule has 0 spiro atoms. The van der Waals surface area contributed by atoms with Crippen molar-refractivity contribution in [1.29, 1.82) is 0 Å². The van der Waals surface area contributed by atoms with Crippen molar-refractivity contribution >= 4 is 11.7 Å². The molecule has 2 N–H and O–H groups in total. The summed E-state index contributed by atoms with van der Waals surface area (Å²) in [5.41, 5.74) is -0.182. The monoisotopic (exact) mass is 286 g/mol. The molecule has 1 aromatic rings. The molecule has 1 aromatic carbocycles. The van der Waals surface area contributed by atoms with E-state index in [1.54, 1.807) is 0 Å². The van der Waals surface area contributed by atoms with Crippen molar-refractivity contribution in [2.75, 3.05) is 25.1 Å². The standard InChI is InChI=1S/C14H20F2N2O2/c1-10(2)9-20-7-3-6-17-14(19)18-13-8-11(15)4-5-12(13)16/h4-5,8,10H,3,6-7,9H2,1-2H3,(H2,17,18,19). The van der Waals surface area contributed by atoms with Gasteiger partial charge in [-0.25, -0.2) is 13.6 Å². The molecule has 4 nitrogen and oxygen atoms in total. The van der Waals surface area contributed by atoms with E-state index in [-0.39, 0.29) is 5.69 Å². The predicted octanol–water partition coefficient (Wildman–Crippen LogP) is 3.15. The van der Waals surface area contributed by atoms with Crippen molar-refractivity contribution in [2.24, 2.45) is 5.92 Å². The zero-order chi connectivity index (χ0) is 15.0. The van der Waals surface area contributed by atoms with Crippen molar-refractivity contribution in [2.45, 2.75) is 20.3 Å². The maximum atomic E-state index is 13.3. The predicted molar refractivity (Wildman–Crippen MR) is 73.7 cm³/mol. The SMILES string of the molecule is CC(C)COCCCNC(=O)Nc1cc(F)ccc1F. The van der Waals surface area contributed by atoms with E-state index in [4.69, 9.17) is 4.74 Å². The summed E-state index contributed by atoms with van der Waals surface area (Å²) in [6, 6.07) is 2.31. The van der Waals surface area contributed by atoms with Crippen molar-refractivity contribution in [3.63, 3.8) is 0 Å². The van der Waals surface area contributed by atoms with Gasteiger partial charge in [-0.3, -0.25) is 0 Å². The molecule has 0 fully saturated rings. The van der Waals surface area contributed by atoms with Crippen LogP contribution in [-0.4, -0.2) is 25.8 Å². The second-order valence-corrected chi connectivity index (χ2v) is 4.83. The molecule has 0 heterocycles. The van der Waals surface area contributed by atoms with Crippen molar-refractivity contribution in [3.8, 4) is 0 Å². The van der Waals surface area contributed by atoms with E-state index in [2.05, 4.69) is 24.5 Å². The number of carbonyl (C=O) groups is 1. The molecular weight excluding hydrogens is 266 g/mol. The van der Waals surface area contributed by atoms with Crippen molar-refractivity contribution in [3.05, 3.63) is 29.8 Å². The Balaban J connectivity index is 2.22. The lowest BCUT2D eigenvalue weighted by Gasteiger charge is -2.09. The van der Waals surface area contributed by atoms with Gasteiger partial charge < -0.3 is 15.4 Å². The minimum Gasteiger partial charge on any atom is -0.381 e. The van der Waals surface area contributed by atoms with Gasteiger partial charge in [0, 0.05) is 25.8 Å². The summed E-state index contributed by atoms with van der Waals surface area (Å²) in [7, 11) is 0. The lowest BCUT2D eigenvalue weighted by atomic mass is 10.2. The van der Waals surface area contributed by atoms with E-state index in [9.17, 15) is 13.6 Å². The number of ether oxygens (including phenoxy) is 1. The van der Waals surface area contributed by atoms with Crippen LogP contribution in [0.25, 0.3) is 0 Å². The van der Waals surface area contributed by atoms with Crippen molar-refractivity contribution in [1.82, 2.24) is 5.32 Å². The first kappa shape index (κ1) is 16.4. The Morgan fingerprint density at radius 3 is 2.80 bits per heavy atom. The molecule has 0 atom stereocenters. The summed E-state index contributed by atoms with van der Waals surface area (Å²) in [6.07, 6.45) is 0.659. The van der Waals surface area contributed by atoms with E-state index in [0.717, 1.165) is 18.2 Å². The average Bonchev–Trinajstić information content (AvgIpc) is 2.37. The van der Waals surface area contributed by atoms with Gasteiger partial charge in [-0.15, -0.1) is 0 Å². The highest BCUT2D eigenvalue weighted by molar-refractivity contribution is 5.89. The van der Waals surface area contributed by atoms with Gasteiger partial charge in [-0.2, -0.15) is 0 Å². The van der Waals surface area contributed by atoms with Crippen LogP contribution in [0.4, 0.5) is 19.3 Å². The summed E-state index contributed by atoms with van der Waals surface area (Å²) >= 11 is 0. The molecule has 2 amide bonds. The van der Waals surface area contributed by atoms with Crippen LogP contribution >= 0.6 is 0 Å². The fourth-order valence-corrected chi connectivity index (χ4v) is 1.45. The molecule has 0 aliphatic heterocycles. The maximum absolute atomic E-state index is 13.3. The lowest BCUT2D eigenvalue weighted by Crippen LogP contribution is -2.30. The van der Waals surface area contributed by atoms with E-state index < -0.39 is 17.7 Å². The number of rotatable bonds is 7. The third kappa shape index (κ3) is 6.47. The molecule has 0 aliphatic carbocycles. The molecule has 0 unspecified atom stereocenters. The third-order valence-electron chi connectivity index (χ3n) is 2.38. The second-order valence-electron chi connectivity index (χ2n) is 4.83. The Kier molecular flexibility index (Phi) is 6.93. The third-order valence-corrected chi connectivity index (χ3v) is 2.38. The molecular formula is C14H20F2N2O2. The summed E-state index contributed by atoms with van der Waals surface area (Å²) in [6.45, 7) is 5.74. The molecule has 1 rings (SSSR count). The van der Waals surface area contributed by atoms with Gasteiger partial charge >= 0.3 is 6.03 Å². The fraction of sp³-hybridized carbons (Fsp3) is 0.500. The molecule has 0 aromatic heterocycles. The first-order valence-electron chi connectivity index (χ1n) is 6.56. The lowest BCUT2D eigenvalue weighted by molar-refractivity contribution is 0.108. The molecule has 0 aliphatic rings. The van der Waals surface area contributed by atoms with E-state index in [1.165, 1.54) is 0 Å². The van der Waals surface area contributed by atoms with E-state index in [0.29, 0.717) is 32.1 Å². The Morgan fingerprint density at radius 2 is 2.10 bits per heavy atom. The molecule has 20 heavy (non-hydrogen) atoms. The quantitative estimate of drug-likeness (QED) is 0.756. The number of nitrogens with one attached hydrogen (secondary N) is 2. The smallest absolute Gasteiger partial charge is 0.319 e. The first-order valence-corrected chi connectivity index (χ1v) is 6.56. The highest BCUT2D eigenvalue weighted by Gasteiger charge is 2.07. The normalized spacial score (nSPS) is 10.7. The largest absolute Gasteiger partial charge is 0.381 e. The number of anilines is 1.